The number of nitrogens with one attached hydrogen (secondary N) is 1. The number of anilines is 2. The SMILES string of the molecule is CCCNc1cc(C(=O)N(C)c2ccccn2)cc(Cl)n1. The van der Waals surface area contributed by atoms with Crippen LogP contribution in [0.25, 0.3) is 0 Å². The van der Waals surface area contributed by atoms with E-state index in [1.807, 2.05) is 6.07 Å². The second kappa shape index (κ2) is 7.04. The molecular weight excluding hydrogens is 288 g/mol. The van der Waals surface area contributed by atoms with Crippen LogP contribution in [0.2, 0.25) is 5.15 Å². The van der Waals surface area contributed by atoms with Crippen molar-refractivity contribution in [3.8, 4) is 0 Å². The normalized spacial score (nSPS) is 10.2. The molecule has 5 nitrogen and oxygen atoms in total. The molecule has 0 unspecified atom stereocenters. The first-order valence-electron chi connectivity index (χ1n) is 6.72. The molecule has 0 aliphatic heterocycles. The molecule has 2 heterocycles. The summed E-state index contributed by atoms with van der Waals surface area (Å²) in [6.45, 7) is 2.83. The Kier molecular flexibility index (Phi) is 5.11. The molecule has 0 spiro atoms. The monoisotopic (exact) mass is 304 g/mol. The first-order valence-corrected chi connectivity index (χ1v) is 7.10. The van der Waals surface area contributed by atoms with Gasteiger partial charge in [0.15, 0.2) is 0 Å². The van der Waals surface area contributed by atoms with E-state index in [4.69, 9.17) is 11.6 Å². The third-order valence-electron chi connectivity index (χ3n) is 2.89. The number of amides is 1. The molecule has 0 fully saturated rings. The van der Waals surface area contributed by atoms with Gasteiger partial charge in [-0.15, -0.1) is 0 Å². The van der Waals surface area contributed by atoms with E-state index in [2.05, 4.69) is 22.2 Å². The van der Waals surface area contributed by atoms with E-state index >= 15 is 0 Å². The van der Waals surface area contributed by atoms with Gasteiger partial charge in [-0.05, 0) is 30.7 Å². The Bertz CT molecular complexity index is 618. The molecule has 2 rings (SSSR count). The molecule has 1 amide bonds. The van der Waals surface area contributed by atoms with Gasteiger partial charge in [0.1, 0.15) is 16.8 Å². The van der Waals surface area contributed by atoms with Gasteiger partial charge in [-0.25, -0.2) is 9.97 Å². The van der Waals surface area contributed by atoms with Gasteiger partial charge in [0.2, 0.25) is 0 Å². The zero-order valence-electron chi connectivity index (χ0n) is 12.0. The number of aromatic nitrogens is 2. The van der Waals surface area contributed by atoms with E-state index in [0.717, 1.165) is 13.0 Å². The minimum Gasteiger partial charge on any atom is -0.370 e. The Morgan fingerprint density at radius 3 is 2.86 bits per heavy atom. The first-order chi connectivity index (χ1) is 10.1. The highest BCUT2D eigenvalue weighted by Gasteiger charge is 2.16. The lowest BCUT2D eigenvalue weighted by Crippen LogP contribution is -2.27. The maximum absolute atomic E-state index is 12.5. The van der Waals surface area contributed by atoms with E-state index in [-0.39, 0.29) is 11.1 Å². The standard InChI is InChI=1S/C15H17ClN4O/c1-3-7-17-13-10-11(9-12(16)19-13)15(21)20(2)14-6-4-5-8-18-14/h4-6,8-10H,3,7H2,1-2H3,(H,17,19). The quantitative estimate of drug-likeness (QED) is 0.862. The molecule has 0 aliphatic carbocycles. The lowest BCUT2D eigenvalue weighted by Gasteiger charge is -2.16. The van der Waals surface area contributed by atoms with Crippen LogP contribution in [0.4, 0.5) is 11.6 Å². The van der Waals surface area contributed by atoms with Crippen molar-refractivity contribution in [3.63, 3.8) is 0 Å². The van der Waals surface area contributed by atoms with Crippen LogP contribution in [-0.4, -0.2) is 29.5 Å². The largest absolute Gasteiger partial charge is 0.370 e. The predicted molar refractivity (Wildman–Crippen MR) is 85.0 cm³/mol. The highest BCUT2D eigenvalue weighted by atomic mass is 35.5. The fourth-order valence-electron chi connectivity index (χ4n) is 1.81. The third kappa shape index (κ3) is 3.92. The van der Waals surface area contributed by atoms with Crippen LogP contribution in [0.3, 0.4) is 0 Å². The first kappa shape index (κ1) is 15.3. The van der Waals surface area contributed by atoms with Crippen molar-refractivity contribution < 1.29 is 4.79 Å². The Morgan fingerprint density at radius 1 is 1.38 bits per heavy atom. The van der Waals surface area contributed by atoms with Gasteiger partial charge in [-0.3, -0.25) is 9.69 Å². The van der Waals surface area contributed by atoms with Crippen LogP contribution in [0.15, 0.2) is 36.5 Å². The minimum absolute atomic E-state index is 0.183. The lowest BCUT2D eigenvalue weighted by atomic mass is 10.2. The number of pyridine rings is 2. The maximum atomic E-state index is 12.5. The molecule has 2 aromatic heterocycles. The Balaban J connectivity index is 2.24. The van der Waals surface area contributed by atoms with Crippen molar-refractivity contribution in [3.05, 3.63) is 47.2 Å². The van der Waals surface area contributed by atoms with Crippen molar-refractivity contribution in [2.75, 3.05) is 23.8 Å². The molecule has 1 N–H and O–H groups in total. The molecule has 110 valence electrons. The van der Waals surface area contributed by atoms with E-state index in [9.17, 15) is 4.79 Å². The van der Waals surface area contributed by atoms with Crippen LogP contribution in [0.1, 0.15) is 23.7 Å². The third-order valence-corrected chi connectivity index (χ3v) is 3.09. The summed E-state index contributed by atoms with van der Waals surface area (Å²) in [6.07, 6.45) is 2.61. The molecular formula is C15H17ClN4O. The highest BCUT2D eigenvalue weighted by molar-refractivity contribution is 6.30. The van der Waals surface area contributed by atoms with Gasteiger partial charge in [0.05, 0.1) is 0 Å². The van der Waals surface area contributed by atoms with E-state index in [0.29, 0.717) is 17.2 Å². The zero-order chi connectivity index (χ0) is 15.2. The van der Waals surface area contributed by atoms with Gasteiger partial charge >= 0.3 is 0 Å². The van der Waals surface area contributed by atoms with E-state index in [1.54, 1.807) is 37.5 Å². The molecule has 0 aromatic carbocycles. The molecule has 0 bridgehead atoms. The Labute approximate surface area is 129 Å². The molecule has 0 saturated heterocycles. The molecule has 0 saturated carbocycles. The number of carbonyl (C=O) groups is 1. The van der Waals surface area contributed by atoms with Crippen LogP contribution in [0.5, 0.6) is 0 Å². The highest BCUT2D eigenvalue weighted by Crippen LogP contribution is 2.18. The van der Waals surface area contributed by atoms with Gasteiger partial charge in [-0.2, -0.15) is 0 Å². The van der Waals surface area contributed by atoms with Gasteiger partial charge < -0.3 is 5.32 Å². The summed E-state index contributed by atoms with van der Waals surface area (Å²) in [7, 11) is 1.68. The van der Waals surface area contributed by atoms with Crippen LogP contribution >= 0.6 is 11.6 Å². The summed E-state index contributed by atoms with van der Waals surface area (Å²) in [6, 6.07) is 8.67. The second-order valence-electron chi connectivity index (χ2n) is 4.54. The maximum Gasteiger partial charge on any atom is 0.259 e. The van der Waals surface area contributed by atoms with Gasteiger partial charge in [-0.1, -0.05) is 24.6 Å². The summed E-state index contributed by atoms with van der Waals surface area (Å²) in [4.78, 5) is 22.3. The lowest BCUT2D eigenvalue weighted by molar-refractivity contribution is 0.0992. The summed E-state index contributed by atoms with van der Waals surface area (Å²) in [5.74, 6) is 0.998. The number of hydrogen-bond acceptors (Lipinski definition) is 4. The molecule has 2 aromatic rings. The Hall–Kier alpha value is -2.14. The van der Waals surface area contributed by atoms with Crippen LogP contribution in [0, 0.1) is 0 Å². The van der Waals surface area contributed by atoms with Crippen LogP contribution in [-0.2, 0) is 0 Å². The van der Waals surface area contributed by atoms with Crippen LogP contribution < -0.4 is 10.2 Å². The zero-order valence-corrected chi connectivity index (χ0v) is 12.8. The number of rotatable bonds is 5. The van der Waals surface area contributed by atoms with Crippen molar-refractivity contribution in [1.82, 2.24) is 9.97 Å². The minimum atomic E-state index is -0.183. The average Bonchev–Trinajstić information content (AvgIpc) is 2.51. The summed E-state index contributed by atoms with van der Waals surface area (Å²) < 4.78 is 0. The van der Waals surface area contributed by atoms with E-state index in [1.165, 1.54) is 4.90 Å². The fraction of sp³-hybridized carbons (Fsp3) is 0.267. The molecule has 0 radical (unpaired) electrons. The fourth-order valence-corrected chi connectivity index (χ4v) is 2.02. The number of carbonyl (C=O) groups excluding carboxylic acids is 1. The van der Waals surface area contributed by atoms with Gasteiger partial charge in [0, 0.05) is 25.4 Å². The van der Waals surface area contributed by atoms with Crippen molar-refractivity contribution in [2.24, 2.45) is 0 Å². The number of nitrogens with zero attached hydrogens (tertiary/aromatic N) is 3. The summed E-state index contributed by atoms with van der Waals surface area (Å²) in [5.41, 5.74) is 0.474. The molecule has 0 atom stereocenters. The van der Waals surface area contributed by atoms with Crippen molar-refractivity contribution in [1.29, 1.82) is 0 Å². The van der Waals surface area contributed by atoms with Crippen molar-refractivity contribution >= 4 is 29.1 Å². The smallest absolute Gasteiger partial charge is 0.259 e. The molecule has 0 aliphatic rings. The average molecular weight is 305 g/mol. The summed E-state index contributed by atoms with van der Waals surface area (Å²) in [5, 5.41) is 3.41. The molecule has 6 heteroatoms. The van der Waals surface area contributed by atoms with Gasteiger partial charge in [0.25, 0.3) is 5.91 Å². The Morgan fingerprint density at radius 2 is 2.19 bits per heavy atom. The molecule has 21 heavy (non-hydrogen) atoms. The topological polar surface area (TPSA) is 58.1 Å². The number of hydrogen-bond donors (Lipinski definition) is 1. The number of halogens is 1. The second-order valence-corrected chi connectivity index (χ2v) is 4.93. The predicted octanol–water partition coefficient (Wildman–Crippen LogP) is 3.23. The van der Waals surface area contributed by atoms with Crippen molar-refractivity contribution in [2.45, 2.75) is 13.3 Å². The van der Waals surface area contributed by atoms with E-state index < -0.39 is 0 Å². The summed E-state index contributed by atoms with van der Waals surface area (Å²) >= 11 is 5.99.